The highest BCUT2D eigenvalue weighted by atomic mass is 16.7. The first kappa shape index (κ1) is 15.3. The van der Waals surface area contributed by atoms with Gasteiger partial charge >= 0.3 is 7.12 Å². The summed E-state index contributed by atoms with van der Waals surface area (Å²) in [6.45, 7) is 9.08. The predicted octanol–water partition coefficient (Wildman–Crippen LogP) is 1.41. The van der Waals surface area contributed by atoms with Gasteiger partial charge in [-0.15, -0.1) is 0 Å². The SMILES string of the molecule is COCCOc1cccc(B2OC(C)(C)C(C)(C)O2)n1. The van der Waals surface area contributed by atoms with Crippen molar-refractivity contribution < 1.29 is 18.8 Å². The first-order valence-corrected chi connectivity index (χ1v) is 6.80. The van der Waals surface area contributed by atoms with E-state index in [0.29, 0.717) is 19.1 Å². The summed E-state index contributed by atoms with van der Waals surface area (Å²) in [5.74, 6) is 0.550. The molecule has 6 heteroatoms. The minimum atomic E-state index is -0.467. The second kappa shape index (κ2) is 5.72. The Labute approximate surface area is 120 Å². The van der Waals surface area contributed by atoms with E-state index in [9.17, 15) is 0 Å². The Bertz CT molecular complexity index is 448. The molecule has 1 saturated heterocycles. The third kappa shape index (κ3) is 3.14. The molecule has 0 aliphatic carbocycles. The van der Waals surface area contributed by atoms with Crippen LogP contribution < -0.4 is 10.3 Å². The van der Waals surface area contributed by atoms with Crippen LogP contribution >= 0.6 is 0 Å². The molecule has 0 spiro atoms. The van der Waals surface area contributed by atoms with Crippen LogP contribution in [0.2, 0.25) is 0 Å². The highest BCUT2D eigenvalue weighted by Crippen LogP contribution is 2.36. The van der Waals surface area contributed by atoms with E-state index in [4.69, 9.17) is 18.8 Å². The summed E-state index contributed by atoms with van der Waals surface area (Å²) in [5.41, 5.74) is -0.0167. The molecule has 0 radical (unpaired) electrons. The largest absolute Gasteiger partial charge is 0.514 e. The highest BCUT2D eigenvalue weighted by Gasteiger charge is 2.52. The maximum Gasteiger partial charge on any atom is 0.514 e. The fourth-order valence-electron chi connectivity index (χ4n) is 1.84. The monoisotopic (exact) mass is 279 g/mol. The molecular weight excluding hydrogens is 257 g/mol. The van der Waals surface area contributed by atoms with Gasteiger partial charge in [-0.05, 0) is 33.8 Å². The van der Waals surface area contributed by atoms with Crippen LogP contribution in [0.25, 0.3) is 0 Å². The number of pyridine rings is 1. The molecule has 2 heterocycles. The van der Waals surface area contributed by atoms with Gasteiger partial charge < -0.3 is 18.8 Å². The smallest absolute Gasteiger partial charge is 0.475 e. The molecule has 0 N–H and O–H groups in total. The summed E-state index contributed by atoms with van der Waals surface area (Å²) < 4.78 is 22.4. The lowest BCUT2D eigenvalue weighted by Crippen LogP contribution is -2.41. The van der Waals surface area contributed by atoms with Crippen molar-refractivity contribution in [3.63, 3.8) is 0 Å². The molecule has 0 aromatic carbocycles. The Balaban J connectivity index is 2.09. The van der Waals surface area contributed by atoms with Crippen molar-refractivity contribution in [3.8, 4) is 5.88 Å². The number of hydrogen-bond donors (Lipinski definition) is 0. The van der Waals surface area contributed by atoms with Gasteiger partial charge in [0.1, 0.15) is 6.61 Å². The van der Waals surface area contributed by atoms with Crippen molar-refractivity contribution in [2.24, 2.45) is 0 Å². The number of ether oxygens (including phenoxy) is 2. The summed E-state index contributed by atoms with van der Waals surface area (Å²) in [4.78, 5) is 4.43. The first-order chi connectivity index (χ1) is 9.36. The van der Waals surface area contributed by atoms with E-state index in [1.54, 1.807) is 7.11 Å². The van der Waals surface area contributed by atoms with Crippen molar-refractivity contribution in [3.05, 3.63) is 18.2 Å². The second-order valence-corrected chi connectivity index (χ2v) is 5.83. The molecule has 1 aliphatic heterocycles. The topological polar surface area (TPSA) is 49.8 Å². The number of rotatable bonds is 5. The number of methoxy groups -OCH3 is 1. The molecule has 1 fully saturated rings. The zero-order valence-corrected chi connectivity index (χ0v) is 12.8. The summed E-state index contributed by atoms with van der Waals surface area (Å²) >= 11 is 0. The molecule has 110 valence electrons. The third-order valence-electron chi connectivity index (χ3n) is 3.78. The lowest BCUT2D eigenvalue weighted by Gasteiger charge is -2.32. The van der Waals surface area contributed by atoms with E-state index in [1.807, 2.05) is 45.9 Å². The van der Waals surface area contributed by atoms with Crippen molar-refractivity contribution in [1.82, 2.24) is 4.98 Å². The van der Waals surface area contributed by atoms with Gasteiger partial charge in [0.2, 0.25) is 5.88 Å². The van der Waals surface area contributed by atoms with E-state index >= 15 is 0 Å². The van der Waals surface area contributed by atoms with E-state index < -0.39 is 7.12 Å². The van der Waals surface area contributed by atoms with Gasteiger partial charge in [-0.2, -0.15) is 0 Å². The van der Waals surface area contributed by atoms with Crippen LogP contribution in [0, 0.1) is 0 Å². The zero-order valence-electron chi connectivity index (χ0n) is 12.8. The summed E-state index contributed by atoms with van der Waals surface area (Å²) in [7, 11) is 1.17. The Morgan fingerprint density at radius 2 is 1.75 bits per heavy atom. The van der Waals surface area contributed by atoms with Crippen LogP contribution in [0.3, 0.4) is 0 Å². The molecule has 20 heavy (non-hydrogen) atoms. The van der Waals surface area contributed by atoms with Gasteiger partial charge in [-0.3, -0.25) is 0 Å². The van der Waals surface area contributed by atoms with Crippen molar-refractivity contribution >= 4 is 12.7 Å². The van der Waals surface area contributed by atoms with Gasteiger partial charge in [-0.25, -0.2) is 4.98 Å². The minimum absolute atomic E-state index is 0.369. The Kier molecular flexibility index (Phi) is 4.37. The molecule has 0 saturated carbocycles. The van der Waals surface area contributed by atoms with Crippen molar-refractivity contribution in [1.29, 1.82) is 0 Å². The Morgan fingerprint density at radius 1 is 1.10 bits per heavy atom. The average molecular weight is 279 g/mol. The fourth-order valence-corrected chi connectivity index (χ4v) is 1.84. The van der Waals surface area contributed by atoms with Crippen LogP contribution in [0.5, 0.6) is 5.88 Å². The molecule has 5 nitrogen and oxygen atoms in total. The summed E-state index contributed by atoms with van der Waals surface area (Å²) in [5, 5.41) is 0. The van der Waals surface area contributed by atoms with Crippen LogP contribution in [0.1, 0.15) is 27.7 Å². The van der Waals surface area contributed by atoms with Crippen molar-refractivity contribution in [2.75, 3.05) is 20.3 Å². The van der Waals surface area contributed by atoms with E-state index in [1.165, 1.54) is 0 Å². The van der Waals surface area contributed by atoms with E-state index in [-0.39, 0.29) is 11.2 Å². The maximum absolute atomic E-state index is 5.97. The zero-order chi connectivity index (χ0) is 14.8. The van der Waals surface area contributed by atoms with Gasteiger partial charge in [0, 0.05) is 13.2 Å². The average Bonchev–Trinajstić information content (AvgIpc) is 2.59. The highest BCUT2D eigenvalue weighted by molar-refractivity contribution is 6.61. The molecule has 1 aliphatic rings. The number of aromatic nitrogens is 1. The third-order valence-corrected chi connectivity index (χ3v) is 3.78. The minimum Gasteiger partial charge on any atom is -0.475 e. The maximum atomic E-state index is 5.97. The molecule has 0 unspecified atom stereocenters. The molecule has 0 atom stereocenters. The van der Waals surface area contributed by atoms with E-state index in [0.717, 1.165) is 5.59 Å². The molecular formula is C14H22BNO4. The van der Waals surface area contributed by atoms with Crippen LogP contribution in [0.15, 0.2) is 18.2 Å². The molecule has 0 amide bonds. The van der Waals surface area contributed by atoms with Crippen LogP contribution in [0.4, 0.5) is 0 Å². The standard InChI is InChI=1S/C14H22BNO4/c1-13(2)14(3,4)20-15(19-13)11-7-6-8-12(16-11)18-10-9-17-5/h6-8H,9-10H2,1-5H3. The van der Waals surface area contributed by atoms with Gasteiger partial charge in [0.05, 0.1) is 23.4 Å². The number of hydrogen-bond acceptors (Lipinski definition) is 5. The normalized spacial score (nSPS) is 20.1. The van der Waals surface area contributed by atoms with Crippen molar-refractivity contribution in [2.45, 2.75) is 38.9 Å². The van der Waals surface area contributed by atoms with Crippen LogP contribution in [-0.2, 0) is 14.0 Å². The predicted molar refractivity (Wildman–Crippen MR) is 77.3 cm³/mol. The molecule has 0 bridgehead atoms. The number of nitrogens with zero attached hydrogens (tertiary/aromatic N) is 1. The summed E-state index contributed by atoms with van der Waals surface area (Å²) in [6.07, 6.45) is 0. The van der Waals surface area contributed by atoms with Gasteiger partial charge in [0.15, 0.2) is 0 Å². The van der Waals surface area contributed by atoms with E-state index in [2.05, 4.69) is 4.98 Å². The Morgan fingerprint density at radius 3 is 2.35 bits per heavy atom. The lowest BCUT2D eigenvalue weighted by molar-refractivity contribution is 0.00578. The second-order valence-electron chi connectivity index (χ2n) is 5.83. The lowest BCUT2D eigenvalue weighted by atomic mass is 9.84. The van der Waals surface area contributed by atoms with Gasteiger partial charge in [-0.1, -0.05) is 6.07 Å². The fraction of sp³-hybridized carbons (Fsp3) is 0.643. The van der Waals surface area contributed by atoms with Gasteiger partial charge in [0.25, 0.3) is 0 Å². The molecule has 1 aromatic heterocycles. The summed E-state index contributed by atoms with van der Waals surface area (Å²) in [6, 6.07) is 5.57. The molecule has 1 aromatic rings. The molecule has 2 rings (SSSR count). The van der Waals surface area contributed by atoms with Crippen LogP contribution in [-0.4, -0.2) is 43.6 Å². The first-order valence-electron chi connectivity index (χ1n) is 6.80. The quantitative estimate of drug-likeness (QED) is 0.602. The Hall–Kier alpha value is -1.11.